The number of nitrogens with one attached hydrogen (secondary N) is 1. The van der Waals surface area contributed by atoms with E-state index >= 15 is 0 Å². The fraction of sp³-hybridized carbons (Fsp3) is 0.133. The molecular formula is C15H11ClF3NO3. The maximum Gasteiger partial charge on any atom is 0.417 e. The van der Waals surface area contributed by atoms with Gasteiger partial charge in [-0.25, -0.2) is 0 Å². The third-order valence-electron chi connectivity index (χ3n) is 2.97. The standard InChI is InChI=1S/C15H11ClF3NO3/c1-23-13-6-8(2-5-12(13)21)14(22)20-9-3-4-11(16)10(7-9)15(17,18)19/h2-7,21H,1H3,(H,20,22). The number of methoxy groups -OCH3 is 1. The molecule has 0 atom stereocenters. The molecule has 0 heterocycles. The molecule has 122 valence electrons. The normalized spacial score (nSPS) is 11.2. The number of halogens is 4. The number of phenolic OH excluding ortho intramolecular Hbond substituents is 1. The van der Waals surface area contributed by atoms with Crippen molar-refractivity contribution in [3.63, 3.8) is 0 Å². The van der Waals surface area contributed by atoms with E-state index in [9.17, 15) is 23.1 Å². The highest BCUT2D eigenvalue weighted by Crippen LogP contribution is 2.36. The first kappa shape index (κ1) is 17.0. The molecule has 0 aliphatic rings. The summed E-state index contributed by atoms with van der Waals surface area (Å²) in [7, 11) is 1.31. The molecule has 2 N–H and O–H groups in total. The first-order valence-corrected chi connectivity index (χ1v) is 6.65. The highest BCUT2D eigenvalue weighted by molar-refractivity contribution is 6.31. The van der Waals surface area contributed by atoms with Gasteiger partial charge in [-0.3, -0.25) is 4.79 Å². The molecule has 0 aliphatic carbocycles. The molecule has 0 aliphatic heterocycles. The number of hydrogen-bond donors (Lipinski definition) is 2. The summed E-state index contributed by atoms with van der Waals surface area (Å²) in [6.45, 7) is 0. The van der Waals surface area contributed by atoms with Gasteiger partial charge in [0.15, 0.2) is 11.5 Å². The maximum atomic E-state index is 12.8. The van der Waals surface area contributed by atoms with Gasteiger partial charge in [-0.05, 0) is 36.4 Å². The summed E-state index contributed by atoms with van der Waals surface area (Å²) >= 11 is 5.51. The minimum atomic E-state index is -4.63. The van der Waals surface area contributed by atoms with Crippen LogP contribution in [0.25, 0.3) is 0 Å². The topological polar surface area (TPSA) is 58.6 Å². The van der Waals surface area contributed by atoms with Gasteiger partial charge in [0.05, 0.1) is 17.7 Å². The second kappa shape index (κ2) is 6.37. The number of rotatable bonds is 3. The fourth-order valence-electron chi connectivity index (χ4n) is 1.84. The predicted molar refractivity (Wildman–Crippen MR) is 79.1 cm³/mol. The molecule has 8 heteroatoms. The van der Waals surface area contributed by atoms with Gasteiger partial charge in [-0.1, -0.05) is 11.6 Å². The Balaban J connectivity index is 2.27. The minimum absolute atomic E-state index is 0.0567. The van der Waals surface area contributed by atoms with Crippen molar-refractivity contribution in [3.05, 3.63) is 52.5 Å². The van der Waals surface area contributed by atoms with Crippen LogP contribution in [-0.4, -0.2) is 18.1 Å². The Morgan fingerprint density at radius 3 is 2.52 bits per heavy atom. The van der Waals surface area contributed by atoms with Gasteiger partial charge >= 0.3 is 6.18 Å². The minimum Gasteiger partial charge on any atom is -0.504 e. The molecule has 0 unspecified atom stereocenters. The molecule has 4 nitrogen and oxygen atoms in total. The number of carbonyl (C=O) groups excluding carboxylic acids is 1. The van der Waals surface area contributed by atoms with Gasteiger partial charge in [0.2, 0.25) is 0 Å². The fourth-order valence-corrected chi connectivity index (χ4v) is 2.07. The van der Waals surface area contributed by atoms with Crippen LogP contribution in [0.15, 0.2) is 36.4 Å². The summed E-state index contributed by atoms with van der Waals surface area (Å²) in [5, 5.41) is 11.3. The van der Waals surface area contributed by atoms with Crippen LogP contribution in [0.2, 0.25) is 5.02 Å². The SMILES string of the molecule is COc1cc(C(=O)Nc2ccc(Cl)c(C(F)(F)F)c2)ccc1O. The molecule has 2 aromatic rings. The first-order chi connectivity index (χ1) is 10.7. The molecule has 0 saturated carbocycles. The third-order valence-corrected chi connectivity index (χ3v) is 3.30. The number of benzene rings is 2. The molecular weight excluding hydrogens is 335 g/mol. The van der Waals surface area contributed by atoms with Crippen molar-refractivity contribution < 1.29 is 27.8 Å². The van der Waals surface area contributed by atoms with Crippen molar-refractivity contribution in [1.29, 1.82) is 0 Å². The summed E-state index contributed by atoms with van der Waals surface area (Å²) in [5.74, 6) is -0.738. The number of aromatic hydroxyl groups is 1. The maximum absolute atomic E-state index is 12.8. The third kappa shape index (κ3) is 3.87. The van der Waals surface area contributed by atoms with Crippen molar-refractivity contribution in [2.75, 3.05) is 12.4 Å². The van der Waals surface area contributed by atoms with E-state index in [1.54, 1.807) is 0 Å². The van der Waals surface area contributed by atoms with E-state index in [0.717, 1.165) is 12.1 Å². The molecule has 0 saturated heterocycles. The van der Waals surface area contributed by atoms with Crippen LogP contribution < -0.4 is 10.1 Å². The van der Waals surface area contributed by atoms with Gasteiger partial charge in [-0.15, -0.1) is 0 Å². The van der Waals surface area contributed by atoms with Crippen molar-refractivity contribution >= 4 is 23.2 Å². The number of amides is 1. The van der Waals surface area contributed by atoms with Gasteiger partial charge in [0, 0.05) is 11.3 Å². The van der Waals surface area contributed by atoms with Crippen molar-refractivity contribution in [3.8, 4) is 11.5 Å². The van der Waals surface area contributed by atoms with Gasteiger partial charge in [-0.2, -0.15) is 13.2 Å². The molecule has 2 rings (SSSR count). The Kier molecular flexibility index (Phi) is 4.70. The van der Waals surface area contributed by atoms with Crippen molar-refractivity contribution in [2.24, 2.45) is 0 Å². The molecule has 0 fully saturated rings. The Hall–Kier alpha value is -2.41. The largest absolute Gasteiger partial charge is 0.504 e. The van der Waals surface area contributed by atoms with Gasteiger partial charge < -0.3 is 15.2 Å². The molecule has 1 amide bonds. The van der Waals surface area contributed by atoms with E-state index in [4.69, 9.17) is 16.3 Å². The lowest BCUT2D eigenvalue weighted by Crippen LogP contribution is -2.13. The Bertz CT molecular complexity index is 747. The summed E-state index contributed by atoms with van der Waals surface area (Å²) in [4.78, 5) is 12.1. The Morgan fingerprint density at radius 1 is 1.22 bits per heavy atom. The number of carbonyl (C=O) groups is 1. The Morgan fingerprint density at radius 2 is 1.91 bits per heavy atom. The van der Waals surface area contributed by atoms with Crippen LogP contribution in [0.1, 0.15) is 15.9 Å². The number of anilines is 1. The summed E-state index contributed by atoms with van der Waals surface area (Å²) in [6.07, 6.45) is -4.63. The number of alkyl halides is 3. The Labute approximate surface area is 134 Å². The van der Waals surface area contributed by atoms with E-state index in [1.165, 1.54) is 31.4 Å². The van der Waals surface area contributed by atoms with Crippen molar-refractivity contribution in [1.82, 2.24) is 0 Å². The summed E-state index contributed by atoms with van der Waals surface area (Å²) in [6, 6.07) is 6.89. The second-order valence-electron chi connectivity index (χ2n) is 4.53. The van der Waals surface area contributed by atoms with Crippen LogP contribution in [0.4, 0.5) is 18.9 Å². The van der Waals surface area contributed by atoms with Crippen LogP contribution in [-0.2, 0) is 6.18 Å². The summed E-state index contributed by atoms with van der Waals surface area (Å²) < 4.78 is 43.2. The molecule has 2 aromatic carbocycles. The van der Waals surface area contributed by atoms with E-state index in [0.29, 0.717) is 0 Å². The monoisotopic (exact) mass is 345 g/mol. The second-order valence-corrected chi connectivity index (χ2v) is 4.94. The molecule has 0 bridgehead atoms. The molecule has 23 heavy (non-hydrogen) atoms. The van der Waals surface area contributed by atoms with E-state index in [-0.39, 0.29) is 22.7 Å². The molecule has 0 aromatic heterocycles. The van der Waals surface area contributed by atoms with E-state index in [2.05, 4.69) is 5.32 Å². The number of ether oxygens (including phenoxy) is 1. The van der Waals surface area contributed by atoms with Gasteiger partial charge in [0.25, 0.3) is 5.91 Å². The average molecular weight is 346 g/mol. The van der Waals surface area contributed by atoms with Crippen molar-refractivity contribution in [2.45, 2.75) is 6.18 Å². The smallest absolute Gasteiger partial charge is 0.417 e. The van der Waals surface area contributed by atoms with Crippen LogP contribution in [0.3, 0.4) is 0 Å². The lowest BCUT2D eigenvalue weighted by Gasteiger charge is -2.12. The first-order valence-electron chi connectivity index (χ1n) is 6.27. The van der Waals surface area contributed by atoms with E-state index < -0.39 is 22.7 Å². The van der Waals surface area contributed by atoms with E-state index in [1.807, 2.05) is 0 Å². The quantitative estimate of drug-likeness (QED) is 0.870. The highest BCUT2D eigenvalue weighted by atomic mass is 35.5. The molecule has 0 radical (unpaired) electrons. The average Bonchev–Trinajstić information content (AvgIpc) is 2.48. The van der Waals surface area contributed by atoms with Gasteiger partial charge in [0.1, 0.15) is 0 Å². The zero-order valence-corrected chi connectivity index (χ0v) is 12.5. The number of hydrogen-bond acceptors (Lipinski definition) is 3. The summed E-state index contributed by atoms with van der Waals surface area (Å²) in [5.41, 5.74) is -0.984. The highest BCUT2D eigenvalue weighted by Gasteiger charge is 2.33. The number of phenols is 1. The van der Waals surface area contributed by atoms with Crippen LogP contribution in [0.5, 0.6) is 11.5 Å². The predicted octanol–water partition coefficient (Wildman–Crippen LogP) is 4.33. The zero-order chi connectivity index (χ0) is 17.2. The van der Waals surface area contributed by atoms with Crippen LogP contribution >= 0.6 is 11.6 Å². The molecule has 0 spiro atoms. The lowest BCUT2D eigenvalue weighted by atomic mass is 10.1. The van der Waals surface area contributed by atoms with Crippen LogP contribution in [0, 0.1) is 0 Å². The lowest BCUT2D eigenvalue weighted by molar-refractivity contribution is -0.137. The zero-order valence-electron chi connectivity index (χ0n) is 11.7.